The Morgan fingerprint density at radius 2 is 1.66 bits per heavy atom. The molecule has 32 heavy (non-hydrogen) atoms. The molecule has 1 atom stereocenters. The summed E-state index contributed by atoms with van der Waals surface area (Å²) in [5, 5.41) is 3.96. The third-order valence-electron chi connectivity index (χ3n) is 6.00. The van der Waals surface area contributed by atoms with Crippen LogP contribution >= 0.6 is 11.6 Å². The fourth-order valence-electron chi connectivity index (χ4n) is 4.07. The predicted molar refractivity (Wildman–Crippen MR) is 117 cm³/mol. The van der Waals surface area contributed by atoms with Gasteiger partial charge in [0.25, 0.3) is 0 Å². The molecule has 8 heteroatoms. The minimum atomic E-state index is -4.33. The molecule has 1 aliphatic carbocycles. The van der Waals surface area contributed by atoms with Crippen LogP contribution in [-0.2, 0) is 20.7 Å². The lowest BCUT2D eigenvalue weighted by Crippen LogP contribution is -2.42. The van der Waals surface area contributed by atoms with Gasteiger partial charge in [-0.2, -0.15) is 13.2 Å². The average molecular weight is 468 g/mol. The van der Waals surface area contributed by atoms with Gasteiger partial charge in [0.15, 0.2) is 0 Å². The predicted octanol–water partition coefficient (Wildman–Crippen LogP) is 6.86. The first-order chi connectivity index (χ1) is 15.2. The third kappa shape index (κ3) is 5.46. The van der Waals surface area contributed by atoms with Crippen LogP contribution in [-0.4, -0.2) is 24.5 Å². The molecule has 1 spiro atoms. The Hall–Kier alpha value is -2.06. The number of nitrogens with one attached hydrogen (secondary N) is 1. The van der Waals surface area contributed by atoms with Gasteiger partial charge < -0.3 is 10.1 Å². The Morgan fingerprint density at radius 1 is 1.00 bits per heavy atom. The zero-order valence-electron chi connectivity index (χ0n) is 17.5. The maximum atomic E-state index is 12.7. The first-order valence-electron chi connectivity index (χ1n) is 10.6. The second-order valence-corrected chi connectivity index (χ2v) is 8.68. The summed E-state index contributed by atoms with van der Waals surface area (Å²) in [5.41, 5.74) is 1.75. The van der Waals surface area contributed by atoms with E-state index >= 15 is 0 Å². The topological polar surface area (TPSA) is 39.7 Å². The number of ether oxygens (including phenoxy) is 1. The number of rotatable bonds is 4. The summed E-state index contributed by atoms with van der Waals surface area (Å²) in [7, 11) is 0. The second kappa shape index (κ2) is 9.43. The number of hydrogen-bond donors (Lipinski definition) is 1. The van der Waals surface area contributed by atoms with Crippen molar-refractivity contribution >= 4 is 22.9 Å². The minimum absolute atomic E-state index is 0.118. The second-order valence-electron chi connectivity index (χ2n) is 8.24. The van der Waals surface area contributed by atoms with Crippen LogP contribution in [0.4, 0.5) is 18.9 Å². The maximum absolute atomic E-state index is 12.7. The van der Waals surface area contributed by atoms with E-state index in [1.54, 1.807) is 0 Å². The summed E-state index contributed by atoms with van der Waals surface area (Å²) in [6, 6.07) is 12.6. The van der Waals surface area contributed by atoms with Crippen molar-refractivity contribution in [3.8, 4) is 0 Å². The molecule has 0 radical (unpaired) electrons. The quantitative estimate of drug-likeness (QED) is 0.498. The summed E-state index contributed by atoms with van der Waals surface area (Å²) in [5.74, 6) is -0.812. The molecule has 2 aliphatic rings. The number of halogens is 4. The van der Waals surface area contributed by atoms with Crippen molar-refractivity contribution in [3.05, 3.63) is 71.3 Å². The SMILES string of the molecule is C=C(c1ccc(Cl)cc1)C1CCOC2(CCC(Nc3ccc(C(F)(F)F)cc3)CC2)OO1. The van der Waals surface area contributed by atoms with Crippen molar-refractivity contribution in [1.82, 2.24) is 0 Å². The van der Waals surface area contributed by atoms with E-state index in [0.29, 0.717) is 36.6 Å². The van der Waals surface area contributed by atoms with Gasteiger partial charge in [0.05, 0.1) is 12.2 Å². The molecule has 1 unspecified atom stereocenters. The van der Waals surface area contributed by atoms with Crippen molar-refractivity contribution in [1.29, 1.82) is 0 Å². The Balaban J connectivity index is 1.30. The van der Waals surface area contributed by atoms with Crippen LogP contribution in [0.3, 0.4) is 0 Å². The minimum Gasteiger partial charge on any atom is -0.382 e. The summed E-state index contributed by atoms with van der Waals surface area (Å²) in [4.78, 5) is 11.6. The molecule has 1 heterocycles. The Morgan fingerprint density at radius 3 is 2.28 bits per heavy atom. The lowest BCUT2D eigenvalue weighted by molar-refractivity contribution is -0.429. The van der Waals surface area contributed by atoms with Crippen molar-refractivity contribution in [2.24, 2.45) is 0 Å². The summed E-state index contributed by atoms with van der Waals surface area (Å²) in [6.07, 6.45) is -1.31. The largest absolute Gasteiger partial charge is 0.416 e. The van der Waals surface area contributed by atoms with E-state index in [9.17, 15) is 13.2 Å². The van der Waals surface area contributed by atoms with E-state index in [1.807, 2.05) is 24.3 Å². The molecular weight excluding hydrogens is 443 g/mol. The highest BCUT2D eigenvalue weighted by Gasteiger charge is 2.41. The third-order valence-corrected chi connectivity index (χ3v) is 6.25. The fourth-order valence-corrected chi connectivity index (χ4v) is 4.20. The van der Waals surface area contributed by atoms with E-state index < -0.39 is 17.5 Å². The molecule has 1 saturated heterocycles. The molecule has 172 valence electrons. The van der Waals surface area contributed by atoms with E-state index in [0.717, 1.165) is 36.1 Å². The van der Waals surface area contributed by atoms with Crippen molar-refractivity contribution in [2.75, 3.05) is 11.9 Å². The molecule has 2 fully saturated rings. The zero-order valence-corrected chi connectivity index (χ0v) is 18.2. The highest BCUT2D eigenvalue weighted by atomic mass is 35.5. The van der Waals surface area contributed by atoms with Crippen molar-refractivity contribution in [3.63, 3.8) is 0 Å². The molecule has 1 N–H and O–H groups in total. The first kappa shape index (κ1) is 23.1. The van der Waals surface area contributed by atoms with Gasteiger partial charge in [0.2, 0.25) is 5.79 Å². The summed E-state index contributed by atoms with van der Waals surface area (Å²) < 4.78 is 44.3. The van der Waals surface area contributed by atoms with Crippen LogP contribution in [0.1, 0.15) is 43.2 Å². The van der Waals surface area contributed by atoms with Gasteiger partial charge >= 0.3 is 6.18 Å². The maximum Gasteiger partial charge on any atom is 0.416 e. The highest BCUT2D eigenvalue weighted by molar-refractivity contribution is 6.30. The molecule has 0 aromatic heterocycles. The molecule has 4 nitrogen and oxygen atoms in total. The lowest BCUT2D eigenvalue weighted by Gasteiger charge is -2.37. The van der Waals surface area contributed by atoms with E-state index in [1.165, 1.54) is 12.1 Å². The van der Waals surface area contributed by atoms with Gasteiger partial charge in [-0.1, -0.05) is 30.3 Å². The standard InChI is InChI=1S/C24H25ClF3NO3/c1-16(17-2-6-19(25)7-3-17)22-12-15-30-23(32-31-22)13-10-21(11-14-23)29-20-8-4-18(5-9-20)24(26,27)28/h2-9,21-22,29H,1,10-15H2. The number of hydrogen-bond acceptors (Lipinski definition) is 4. The van der Waals surface area contributed by atoms with Crippen molar-refractivity contribution < 1.29 is 27.7 Å². The molecule has 0 amide bonds. The normalized spacial score (nSPS) is 26.5. The van der Waals surface area contributed by atoms with Gasteiger partial charge in [-0.05, 0) is 60.4 Å². The van der Waals surface area contributed by atoms with Crippen LogP contribution in [0.2, 0.25) is 5.02 Å². The number of anilines is 1. The van der Waals surface area contributed by atoms with Crippen LogP contribution in [0, 0.1) is 0 Å². The van der Waals surface area contributed by atoms with E-state index in [4.69, 9.17) is 26.1 Å². The smallest absolute Gasteiger partial charge is 0.382 e. The van der Waals surface area contributed by atoms with Gasteiger partial charge in [-0.3, -0.25) is 0 Å². The Kier molecular flexibility index (Phi) is 6.81. The number of benzene rings is 2. The fraction of sp³-hybridized carbons (Fsp3) is 0.417. The van der Waals surface area contributed by atoms with Crippen LogP contribution in [0.25, 0.3) is 5.57 Å². The molecular formula is C24H25ClF3NO3. The van der Waals surface area contributed by atoms with Gasteiger partial charge in [0, 0.05) is 36.0 Å². The highest BCUT2D eigenvalue weighted by Crippen LogP contribution is 2.38. The Labute approximate surface area is 190 Å². The average Bonchev–Trinajstić information content (AvgIpc) is 2.98. The molecule has 2 aromatic rings. The summed E-state index contributed by atoms with van der Waals surface area (Å²) >= 11 is 5.96. The summed E-state index contributed by atoms with van der Waals surface area (Å²) in [6.45, 7) is 4.63. The van der Waals surface area contributed by atoms with E-state index in [2.05, 4.69) is 11.9 Å². The van der Waals surface area contributed by atoms with Gasteiger partial charge in [0.1, 0.15) is 6.10 Å². The molecule has 0 bridgehead atoms. The lowest BCUT2D eigenvalue weighted by atomic mass is 9.90. The molecule has 2 aromatic carbocycles. The van der Waals surface area contributed by atoms with Gasteiger partial charge in [-0.25, -0.2) is 9.78 Å². The molecule has 1 aliphatic heterocycles. The van der Waals surface area contributed by atoms with Crippen LogP contribution < -0.4 is 5.32 Å². The molecule has 4 rings (SSSR count). The zero-order chi connectivity index (χ0) is 22.8. The van der Waals surface area contributed by atoms with Crippen LogP contribution in [0.5, 0.6) is 0 Å². The molecule has 1 saturated carbocycles. The number of alkyl halides is 3. The Bertz CT molecular complexity index is 923. The first-order valence-corrected chi connectivity index (χ1v) is 11.0. The van der Waals surface area contributed by atoms with Crippen LogP contribution in [0.15, 0.2) is 55.1 Å². The monoisotopic (exact) mass is 467 g/mol. The van der Waals surface area contributed by atoms with E-state index in [-0.39, 0.29) is 12.1 Å². The van der Waals surface area contributed by atoms with Crippen molar-refractivity contribution in [2.45, 2.75) is 56.2 Å². The van der Waals surface area contributed by atoms with Gasteiger partial charge in [-0.15, -0.1) is 0 Å².